The Kier molecular flexibility index (Phi) is 5.44. The van der Waals surface area contributed by atoms with Crippen LogP contribution in [0, 0.1) is 17.1 Å². The summed E-state index contributed by atoms with van der Waals surface area (Å²) in [5.74, 6) is -0.288. The van der Waals surface area contributed by atoms with E-state index in [9.17, 15) is 18.1 Å². The molecule has 32 heavy (non-hydrogen) atoms. The number of nitrogens with one attached hydrogen (secondary N) is 1. The van der Waals surface area contributed by atoms with E-state index in [2.05, 4.69) is 26.0 Å². The average Bonchev–Trinajstić information content (AvgIpc) is 3.41. The lowest BCUT2D eigenvalue weighted by Gasteiger charge is -2.53. The second kappa shape index (κ2) is 8.27. The van der Waals surface area contributed by atoms with Crippen molar-refractivity contribution in [3.8, 4) is 17.2 Å². The fourth-order valence-electron chi connectivity index (χ4n) is 5.03. The molecule has 1 N–H and O–H groups in total. The van der Waals surface area contributed by atoms with Gasteiger partial charge in [-0.25, -0.2) is 17.8 Å². The molecule has 2 saturated heterocycles. The van der Waals surface area contributed by atoms with E-state index in [0.717, 1.165) is 25.9 Å². The first-order valence-corrected chi connectivity index (χ1v) is 12.0. The number of hydrogen-bond acceptors (Lipinski definition) is 7. The molecule has 0 radical (unpaired) electrons. The third-order valence-electron chi connectivity index (χ3n) is 6.69. The molecule has 11 heteroatoms. The molecule has 5 heterocycles. The second-order valence-corrected chi connectivity index (χ2v) is 9.63. The number of aromatic amines is 1. The molecule has 0 amide bonds. The number of piperidine rings is 1. The number of halogens is 1. The summed E-state index contributed by atoms with van der Waals surface area (Å²) < 4.78 is 38.4. The van der Waals surface area contributed by atoms with Gasteiger partial charge < -0.3 is 4.98 Å². The Morgan fingerprint density at radius 3 is 2.78 bits per heavy atom. The lowest BCUT2D eigenvalue weighted by atomic mass is 9.84. The Labute approximate surface area is 186 Å². The maximum absolute atomic E-state index is 14.6. The van der Waals surface area contributed by atoms with Crippen molar-refractivity contribution in [2.45, 2.75) is 30.8 Å². The highest BCUT2D eigenvalue weighted by atomic mass is 32.2. The lowest BCUT2D eigenvalue weighted by molar-refractivity contribution is -0.0417. The molecule has 9 nitrogen and oxygen atoms in total. The van der Waals surface area contributed by atoms with Crippen LogP contribution in [0.1, 0.15) is 19.3 Å². The fraction of sp³-hybridized carbons (Fsp3) is 0.476. The van der Waals surface area contributed by atoms with Gasteiger partial charge in [-0.3, -0.25) is 14.5 Å². The number of hydrogen-bond donors (Lipinski definition) is 2. The van der Waals surface area contributed by atoms with E-state index in [1.54, 1.807) is 18.5 Å². The van der Waals surface area contributed by atoms with Gasteiger partial charge in [-0.15, -0.1) is 0 Å². The summed E-state index contributed by atoms with van der Waals surface area (Å²) in [6.45, 7) is 2.91. The number of nitrogens with zero attached hydrogens (tertiary/aromatic N) is 6. The Bertz CT molecular complexity index is 1240. The molecule has 0 aromatic carbocycles. The number of rotatable bonds is 6. The molecule has 2 aliphatic rings. The molecule has 0 spiro atoms. The smallest absolute Gasteiger partial charge is 0.153 e. The van der Waals surface area contributed by atoms with Crippen LogP contribution in [0.4, 0.5) is 4.39 Å². The highest BCUT2D eigenvalue weighted by Crippen LogP contribution is 2.38. The molecule has 0 saturated carbocycles. The van der Waals surface area contributed by atoms with Gasteiger partial charge in [-0.05, 0) is 18.9 Å². The van der Waals surface area contributed by atoms with E-state index >= 15 is 0 Å². The van der Waals surface area contributed by atoms with Crippen molar-refractivity contribution in [1.29, 1.82) is 5.26 Å². The summed E-state index contributed by atoms with van der Waals surface area (Å²) >= 11 is 0. The van der Waals surface area contributed by atoms with E-state index in [0.29, 0.717) is 47.7 Å². The van der Waals surface area contributed by atoms with Crippen LogP contribution in [0.15, 0.2) is 30.9 Å². The molecule has 2 fully saturated rings. The predicted octanol–water partition coefficient (Wildman–Crippen LogP) is 1.52. The van der Waals surface area contributed by atoms with Gasteiger partial charge in [0, 0.05) is 61.1 Å². The van der Waals surface area contributed by atoms with Crippen LogP contribution in [0.5, 0.6) is 0 Å². The maximum atomic E-state index is 14.6. The molecular formula is C21H24FN7O2S. The van der Waals surface area contributed by atoms with Crippen LogP contribution in [-0.2, 0) is 16.2 Å². The molecule has 0 atom stereocenters. The van der Waals surface area contributed by atoms with Crippen LogP contribution >= 0.6 is 0 Å². The largest absolute Gasteiger partial charge is 0.346 e. The van der Waals surface area contributed by atoms with Crippen LogP contribution in [0.3, 0.4) is 0 Å². The van der Waals surface area contributed by atoms with Crippen LogP contribution in [-0.4, -0.2) is 76.1 Å². The molecule has 5 rings (SSSR count). The summed E-state index contributed by atoms with van der Waals surface area (Å²) in [5.41, 5.74) is 1.28. The zero-order valence-corrected chi connectivity index (χ0v) is 18.3. The van der Waals surface area contributed by atoms with E-state index in [1.807, 2.05) is 15.8 Å². The summed E-state index contributed by atoms with van der Waals surface area (Å²) in [7, 11) is -2.39. The third kappa shape index (κ3) is 3.68. The minimum absolute atomic E-state index is 0.121. The molecule has 3 aromatic heterocycles. The number of aromatic nitrogens is 4. The Morgan fingerprint density at radius 2 is 2.06 bits per heavy atom. The van der Waals surface area contributed by atoms with Gasteiger partial charge in [0.05, 0.1) is 30.8 Å². The van der Waals surface area contributed by atoms with Crippen LogP contribution in [0.25, 0.3) is 22.2 Å². The van der Waals surface area contributed by atoms with Gasteiger partial charge in [-0.1, -0.05) is 0 Å². The minimum Gasteiger partial charge on any atom is -0.346 e. The highest BCUT2D eigenvalue weighted by Gasteiger charge is 2.48. The summed E-state index contributed by atoms with van der Waals surface area (Å²) in [4.78, 5) is 11.4. The normalized spacial score (nSPS) is 19.9. The van der Waals surface area contributed by atoms with Gasteiger partial charge in [0.25, 0.3) is 0 Å². The maximum Gasteiger partial charge on any atom is 0.153 e. The Morgan fingerprint density at radius 1 is 1.28 bits per heavy atom. The van der Waals surface area contributed by atoms with Crippen LogP contribution < -0.4 is 0 Å². The molecule has 168 valence electrons. The van der Waals surface area contributed by atoms with E-state index in [4.69, 9.17) is 0 Å². The fourth-order valence-corrected chi connectivity index (χ4v) is 5.64. The Hall–Kier alpha value is -2.81. The highest BCUT2D eigenvalue weighted by molar-refractivity contribution is 7.72. The van der Waals surface area contributed by atoms with Crippen molar-refractivity contribution in [1.82, 2.24) is 29.5 Å². The monoisotopic (exact) mass is 457 g/mol. The topological polar surface area (TPSA) is 111 Å². The van der Waals surface area contributed by atoms with Crippen LogP contribution in [0.2, 0.25) is 0 Å². The van der Waals surface area contributed by atoms with Gasteiger partial charge in [0.2, 0.25) is 0 Å². The number of pyridine rings is 1. The first kappa shape index (κ1) is 21.1. The summed E-state index contributed by atoms with van der Waals surface area (Å²) in [6, 6.07) is 4.46. The summed E-state index contributed by atoms with van der Waals surface area (Å²) in [6.07, 6.45) is 8.54. The summed E-state index contributed by atoms with van der Waals surface area (Å²) in [5, 5.41) is 14.7. The molecule has 3 aromatic rings. The number of likely N-dealkylation sites (tertiary alicyclic amines) is 2. The van der Waals surface area contributed by atoms with Crippen molar-refractivity contribution in [2.24, 2.45) is 0 Å². The van der Waals surface area contributed by atoms with Gasteiger partial charge in [0.1, 0.15) is 17.0 Å². The number of H-pyrrole nitrogens is 1. The standard InChI is InChI=1S/C21H24FN7O2S/c22-18-10-25-20-17(1-6-24-20)19(18)15-9-26-29(11-15)21(4-5-23)12-28(13-21)16-2-7-27(8-3-16)14-32(30)31/h1,6,9-11,16,32H,2-4,7-8,12-14H2,(H,24,25). The zero-order valence-electron chi connectivity index (χ0n) is 17.4. The SMILES string of the molecule is N#CCC1(n2cc(-c3c(F)cnc4[nH]ccc34)cn2)CN(C2CCN(C[SH](=O)=O)CC2)C1. The van der Waals surface area contributed by atoms with Gasteiger partial charge in [0.15, 0.2) is 10.7 Å². The van der Waals surface area contributed by atoms with E-state index in [-0.39, 0.29) is 5.88 Å². The van der Waals surface area contributed by atoms with Crippen molar-refractivity contribution in [3.05, 3.63) is 36.7 Å². The first-order chi connectivity index (χ1) is 15.5. The third-order valence-corrected chi connectivity index (χ3v) is 7.32. The number of thiol groups is 1. The quantitative estimate of drug-likeness (QED) is 0.540. The number of nitriles is 1. The molecular weight excluding hydrogens is 433 g/mol. The van der Waals surface area contributed by atoms with E-state index in [1.165, 1.54) is 6.20 Å². The zero-order chi connectivity index (χ0) is 22.3. The molecule has 2 aliphatic heterocycles. The van der Waals surface area contributed by atoms with Crippen molar-refractivity contribution in [2.75, 3.05) is 32.1 Å². The minimum atomic E-state index is -2.39. The lowest BCUT2D eigenvalue weighted by Crippen LogP contribution is -2.66. The second-order valence-electron chi connectivity index (χ2n) is 8.68. The first-order valence-electron chi connectivity index (χ1n) is 10.6. The van der Waals surface area contributed by atoms with Crippen molar-refractivity contribution in [3.63, 3.8) is 0 Å². The van der Waals surface area contributed by atoms with Gasteiger partial charge in [-0.2, -0.15) is 10.4 Å². The molecule has 0 unspecified atom stereocenters. The van der Waals surface area contributed by atoms with Gasteiger partial charge >= 0.3 is 0 Å². The molecule has 0 aliphatic carbocycles. The van der Waals surface area contributed by atoms with E-state index < -0.39 is 22.1 Å². The molecule has 0 bridgehead atoms. The predicted molar refractivity (Wildman–Crippen MR) is 117 cm³/mol. The average molecular weight is 458 g/mol. The Balaban J connectivity index is 1.33. The number of fused-ring (bicyclic) bond motifs is 1. The van der Waals surface area contributed by atoms with Crippen molar-refractivity contribution >= 4 is 21.7 Å². The van der Waals surface area contributed by atoms with Crippen molar-refractivity contribution < 1.29 is 12.8 Å².